The summed E-state index contributed by atoms with van der Waals surface area (Å²) in [4.78, 5) is 10.7. The second-order valence-corrected chi connectivity index (χ2v) is 4.89. The molecule has 0 saturated heterocycles. The molecule has 1 nitrogen and oxygen atoms in total. The van der Waals surface area contributed by atoms with Gasteiger partial charge in [-0.05, 0) is 16.7 Å². The van der Waals surface area contributed by atoms with Gasteiger partial charge in [0, 0.05) is 5.92 Å². The predicted molar refractivity (Wildman–Crippen MR) is 46.3 cm³/mol. The molecular formula is C10H18O. The normalized spacial score (nSPS) is 39.4. The van der Waals surface area contributed by atoms with E-state index in [1.54, 1.807) is 0 Å². The van der Waals surface area contributed by atoms with E-state index in [1.165, 1.54) is 0 Å². The first-order chi connectivity index (χ1) is 4.85. The molecule has 0 amide bonds. The molecule has 1 fully saturated rings. The van der Waals surface area contributed by atoms with E-state index < -0.39 is 0 Å². The maximum atomic E-state index is 10.7. The first-order valence-corrected chi connectivity index (χ1v) is 4.31. The van der Waals surface area contributed by atoms with Gasteiger partial charge in [0.1, 0.15) is 6.29 Å². The third-order valence-corrected chi connectivity index (χ3v) is 4.32. The monoisotopic (exact) mass is 154 g/mol. The Labute approximate surface area is 69.2 Å². The third-order valence-electron chi connectivity index (χ3n) is 4.32. The molecule has 1 aliphatic carbocycles. The second-order valence-electron chi connectivity index (χ2n) is 4.89. The molecule has 0 aromatic carbocycles. The molecule has 11 heavy (non-hydrogen) atoms. The molecule has 0 radical (unpaired) electrons. The predicted octanol–water partition coefficient (Wildman–Crippen LogP) is 2.50. The average molecular weight is 154 g/mol. The average Bonchev–Trinajstić information content (AvgIpc) is 1.88. The highest BCUT2D eigenvalue weighted by Gasteiger charge is 2.59. The fourth-order valence-electron chi connectivity index (χ4n) is 2.28. The number of aldehydes is 1. The SMILES string of the molecule is C[C@@H]1[C@@H](C=O)C(C)(C)C1(C)C. The molecule has 1 saturated carbocycles. The summed E-state index contributed by atoms with van der Waals surface area (Å²) >= 11 is 0. The Kier molecular flexibility index (Phi) is 1.66. The van der Waals surface area contributed by atoms with E-state index in [1.807, 2.05) is 0 Å². The van der Waals surface area contributed by atoms with Crippen molar-refractivity contribution in [1.82, 2.24) is 0 Å². The summed E-state index contributed by atoms with van der Waals surface area (Å²) in [5.74, 6) is 0.799. The van der Waals surface area contributed by atoms with Crippen molar-refractivity contribution in [2.45, 2.75) is 34.6 Å². The molecule has 1 rings (SSSR count). The molecule has 0 unspecified atom stereocenters. The van der Waals surface area contributed by atoms with Crippen LogP contribution < -0.4 is 0 Å². The van der Waals surface area contributed by atoms with Crippen LogP contribution in [0.15, 0.2) is 0 Å². The highest BCUT2D eigenvalue weighted by Crippen LogP contribution is 2.62. The number of hydrogen-bond acceptors (Lipinski definition) is 1. The topological polar surface area (TPSA) is 17.1 Å². The van der Waals surface area contributed by atoms with Gasteiger partial charge in [0.05, 0.1) is 0 Å². The van der Waals surface area contributed by atoms with E-state index in [0.717, 1.165) is 6.29 Å². The Balaban J connectivity index is 2.87. The molecule has 0 spiro atoms. The van der Waals surface area contributed by atoms with Crippen LogP contribution in [0.4, 0.5) is 0 Å². The van der Waals surface area contributed by atoms with E-state index in [2.05, 4.69) is 34.6 Å². The van der Waals surface area contributed by atoms with Crippen LogP contribution in [0.3, 0.4) is 0 Å². The Bertz CT molecular complexity index is 179. The van der Waals surface area contributed by atoms with Gasteiger partial charge in [-0.1, -0.05) is 34.6 Å². The van der Waals surface area contributed by atoms with Crippen molar-refractivity contribution in [3.63, 3.8) is 0 Å². The number of rotatable bonds is 1. The summed E-state index contributed by atoms with van der Waals surface area (Å²) in [6, 6.07) is 0. The summed E-state index contributed by atoms with van der Waals surface area (Å²) < 4.78 is 0. The Hall–Kier alpha value is -0.330. The van der Waals surface area contributed by atoms with Crippen LogP contribution in [0.1, 0.15) is 34.6 Å². The molecule has 64 valence electrons. The fraction of sp³-hybridized carbons (Fsp3) is 0.900. The molecule has 0 N–H and O–H groups in total. The summed E-state index contributed by atoms with van der Waals surface area (Å²) in [6.07, 6.45) is 1.12. The highest BCUT2D eigenvalue weighted by molar-refractivity contribution is 5.58. The highest BCUT2D eigenvalue weighted by atomic mass is 16.1. The van der Waals surface area contributed by atoms with Crippen molar-refractivity contribution in [1.29, 1.82) is 0 Å². The molecular weight excluding hydrogens is 136 g/mol. The first-order valence-electron chi connectivity index (χ1n) is 4.31. The minimum absolute atomic E-state index is 0.189. The van der Waals surface area contributed by atoms with Gasteiger partial charge >= 0.3 is 0 Å². The smallest absolute Gasteiger partial charge is 0.123 e. The Morgan fingerprint density at radius 1 is 1.09 bits per heavy atom. The van der Waals surface area contributed by atoms with Crippen LogP contribution >= 0.6 is 0 Å². The molecule has 0 aromatic heterocycles. The van der Waals surface area contributed by atoms with Gasteiger partial charge in [0.2, 0.25) is 0 Å². The molecule has 0 heterocycles. The van der Waals surface area contributed by atoms with Gasteiger partial charge < -0.3 is 4.79 Å². The lowest BCUT2D eigenvalue weighted by Crippen LogP contribution is -2.59. The van der Waals surface area contributed by atoms with Crippen molar-refractivity contribution in [3.8, 4) is 0 Å². The van der Waals surface area contributed by atoms with Gasteiger partial charge in [-0.25, -0.2) is 0 Å². The van der Waals surface area contributed by atoms with Gasteiger partial charge in [0.15, 0.2) is 0 Å². The van der Waals surface area contributed by atoms with Crippen LogP contribution in [0.2, 0.25) is 0 Å². The van der Waals surface area contributed by atoms with Crippen LogP contribution in [0.25, 0.3) is 0 Å². The van der Waals surface area contributed by atoms with Crippen molar-refractivity contribution in [2.75, 3.05) is 0 Å². The number of hydrogen-bond donors (Lipinski definition) is 0. The molecule has 1 aliphatic rings. The third kappa shape index (κ3) is 0.800. The maximum Gasteiger partial charge on any atom is 0.123 e. The van der Waals surface area contributed by atoms with E-state index >= 15 is 0 Å². The lowest BCUT2D eigenvalue weighted by molar-refractivity contribution is -0.164. The molecule has 0 aliphatic heterocycles. The first kappa shape index (κ1) is 8.76. The Morgan fingerprint density at radius 3 is 1.73 bits per heavy atom. The van der Waals surface area contributed by atoms with E-state index in [4.69, 9.17) is 0 Å². The van der Waals surface area contributed by atoms with Crippen molar-refractivity contribution in [2.24, 2.45) is 22.7 Å². The largest absolute Gasteiger partial charge is 0.303 e. The van der Waals surface area contributed by atoms with Gasteiger partial charge in [-0.3, -0.25) is 0 Å². The second kappa shape index (κ2) is 2.09. The van der Waals surface area contributed by atoms with Crippen molar-refractivity contribution >= 4 is 6.29 Å². The standard InChI is InChI=1S/C10H18O/c1-7-8(6-11)10(4,5)9(7,2)3/h6-8H,1-5H3/t7-,8-/m1/s1. The van der Waals surface area contributed by atoms with Crippen LogP contribution in [-0.2, 0) is 4.79 Å². The lowest BCUT2D eigenvalue weighted by Gasteiger charge is -2.62. The summed E-state index contributed by atoms with van der Waals surface area (Å²) in [6.45, 7) is 11.0. The molecule has 1 heteroatoms. The van der Waals surface area contributed by atoms with E-state index in [0.29, 0.717) is 11.3 Å². The fourth-order valence-corrected chi connectivity index (χ4v) is 2.28. The zero-order valence-electron chi connectivity index (χ0n) is 8.14. The number of carbonyl (C=O) groups is 1. The van der Waals surface area contributed by atoms with Gasteiger partial charge in [-0.15, -0.1) is 0 Å². The molecule has 0 aromatic rings. The van der Waals surface area contributed by atoms with Gasteiger partial charge in [0.25, 0.3) is 0 Å². The van der Waals surface area contributed by atoms with Crippen molar-refractivity contribution < 1.29 is 4.79 Å². The quantitative estimate of drug-likeness (QED) is 0.530. The maximum absolute atomic E-state index is 10.7. The van der Waals surface area contributed by atoms with Crippen LogP contribution in [-0.4, -0.2) is 6.29 Å². The Morgan fingerprint density at radius 2 is 1.55 bits per heavy atom. The van der Waals surface area contributed by atoms with Crippen molar-refractivity contribution in [3.05, 3.63) is 0 Å². The zero-order chi connectivity index (χ0) is 8.86. The number of carbonyl (C=O) groups excluding carboxylic acids is 1. The van der Waals surface area contributed by atoms with Gasteiger partial charge in [-0.2, -0.15) is 0 Å². The minimum Gasteiger partial charge on any atom is -0.303 e. The summed E-state index contributed by atoms with van der Waals surface area (Å²) in [5, 5.41) is 0. The van der Waals surface area contributed by atoms with E-state index in [9.17, 15) is 4.79 Å². The zero-order valence-corrected chi connectivity index (χ0v) is 8.14. The van der Waals surface area contributed by atoms with E-state index in [-0.39, 0.29) is 11.3 Å². The van der Waals surface area contributed by atoms with Crippen LogP contribution in [0, 0.1) is 22.7 Å². The van der Waals surface area contributed by atoms with Crippen LogP contribution in [0.5, 0.6) is 0 Å². The summed E-state index contributed by atoms with van der Waals surface area (Å²) in [5.41, 5.74) is 0.507. The minimum atomic E-state index is 0.189. The summed E-state index contributed by atoms with van der Waals surface area (Å²) in [7, 11) is 0. The molecule has 2 atom stereocenters. The lowest BCUT2D eigenvalue weighted by atomic mass is 9.41. The molecule has 0 bridgehead atoms.